The zero-order chi connectivity index (χ0) is 11.5. The molecule has 0 aliphatic rings. The number of hydrogen-bond acceptors (Lipinski definition) is 2. The molecule has 0 unspecified atom stereocenters. The van der Waals surface area contributed by atoms with Crippen LogP contribution >= 0.6 is 22.6 Å². The fourth-order valence-electron chi connectivity index (χ4n) is 1.03. The molecule has 3 N–H and O–H groups in total. The molecule has 1 rings (SSSR count). The Balaban J connectivity index is 2.51. The maximum atomic E-state index is 11.9. The molecule has 0 heterocycles. The summed E-state index contributed by atoms with van der Waals surface area (Å²) in [6, 6.07) is 5.16. The summed E-state index contributed by atoms with van der Waals surface area (Å²) in [7, 11) is 0. The minimum atomic E-state index is -4.13. The van der Waals surface area contributed by atoms with Gasteiger partial charge >= 0.3 is 6.18 Å². The van der Waals surface area contributed by atoms with Crippen molar-refractivity contribution < 1.29 is 13.2 Å². The number of nitrogen functional groups attached to an aromatic ring is 1. The summed E-state index contributed by atoms with van der Waals surface area (Å²) in [4.78, 5) is 0. The smallest absolute Gasteiger partial charge is 0.390 e. The molecule has 0 saturated carbocycles. The molecule has 0 aromatic heterocycles. The van der Waals surface area contributed by atoms with Crippen LogP contribution in [0.3, 0.4) is 0 Å². The minimum Gasteiger partial charge on any atom is -0.397 e. The molecule has 1 aromatic rings. The molecule has 0 bridgehead atoms. The van der Waals surface area contributed by atoms with E-state index in [0.717, 1.165) is 3.57 Å². The van der Waals surface area contributed by atoms with Crippen molar-refractivity contribution >= 4 is 34.0 Å². The molecule has 15 heavy (non-hydrogen) atoms. The first-order chi connectivity index (χ1) is 6.88. The van der Waals surface area contributed by atoms with E-state index in [0.29, 0.717) is 11.4 Å². The Kier molecular flexibility index (Phi) is 4.06. The summed E-state index contributed by atoms with van der Waals surface area (Å²) in [5, 5.41) is 2.65. The van der Waals surface area contributed by atoms with Gasteiger partial charge in [0.1, 0.15) is 0 Å². The van der Waals surface area contributed by atoms with Crippen LogP contribution in [0.2, 0.25) is 0 Å². The molecular formula is C9H10F3IN2. The predicted octanol–water partition coefficient (Wildman–Crippen LogP) is 3.24. The largest absolute Gasteiger partial charge is 0.397 e. The summed E-state index contributed by atoms with van der Waals surface area (Å²) in [6.07, 6.45) is -5.00. The van der Waals surface area contributed by atoms with Gasteiger partial charge < -0.3 is 11.1 Å². The quantitative estimate of drug-likeness (QED) is 0.660. The molecule has 1 aromatic carbocycles. The Morgan fingerprint density at radius 1 is 1.33 bits per heavy atom. The number of anilines is 2. The lowest BCUT2D eigenvalue weighted by molar-refractivity contribution is -0.131. The van der Waals surface area contributed by atoms with Crippen LogP contribution in [-0.4, -0.2) is 12.7 Å². The number of nitrogens with one attached hydrogen (secondary N) is 1. The highest BCUT2D eigenvalue weighted by Gasteiger charge is 2.26. The van der Waals surface area contributed by atoms with Gasteiger partial charge in [-0.05, 0) is 40.8 Å². The molecule has 84 valence electrons. The average Bonchev–Trinajstić information content (AvgIpc) is 2.07. The molecule has 0 amide bonds. The lowest BCUT2D eigenvalue weighted by Crippen LogP contribution is -2.15. The van der Waals surface area contributed by atoms with Gasteiger partial charge in [-0.25, -0.2) is 0 Å². The highest BCUT2D eigenvalue weighted by atomic mass is 127. The highest BCUT2D eigenvalue weighted by molar-refractivity contribution is 14.1. The lowest BCUT2D eigenvalue weighted by atomic mass is 10.2. The first-order valence-corrected chi connectivity index (χ1v) is 5.32. The Morgan fingerprint density at radius 2 is 2.00 bits per heavy atom. The van der Waals surface area contributed by atoms with Gasteiger partial charge in [-0.15, -0.1) is 0 Å². The molecule has 6 heteroatoms. The van der Waals surface area contributed by atoms with Crippen LogP contribution in [0.1, 0.15) is 6.42 Å². The third-order valence-corrected chi connectivity index (χ3v) is 2.41. The summed E-state index contributed by atoms with van der Waals surface area (Å²) in [5.74, 6) is 0. The maximum absolute atomic E-state index is 11.9. The second-order valence-corrected chi connectivity index (χ2v) is 4.27. The standard InChI is InChI=1S/C9H10F3IN2/c10-9(11,12)3-4-15-8-2-1-6(13)5-7(8)14/h1-2,5,15H,3-4,14H2. The maximum Gasteiger partial charge on any atom is 0.390 e. The number of hydrogen-bond donors (Lipinski definition) is 2. The van der Waals surface area contributed by atoms with Crippen LogP contribution in [0, 0.1) is 3.57 Å². The summed E-state index contributed by atoms with van der Waals surface area (Å²) in [5.41, 5.74) is 6.63. The van der Waals surface area contributed by atoms with Gasteiger partial charge in [-0.3, -0.25) is 0 Å². The highest BCUT2D eigenvalue weighted by Crippen LogP contribution is 2.23. The third-order valence-electron chi connectivity index (χ3n) is 1.74. The van der Waals surface area contributed by atoms with Gasteiger partial charge in [-0.1, -0.05) is 0 Å². The lowest BCUT2D eigenvalue weighted by Gasteiger charge is -2.10. The molecule has 0 spiro atoms. The zero-order valence-electron chi connectivity index (χ0n) is 7.74. The summed E-state index contributed by atoms with van der Waals surface area (Å²) < 4.78 is 36.5. The van der Waals surface area contributed by atoms with Crippen molar-refractivity contribution in [2.45, 2.75) is 12.6 Å². The van der Waals surface area contributed by atoms with Crippen molar-refractivity contribution in [2.75, 3.05) is 17.6 Å². The van der Waals surface area contributed by atoms with Crippen LogP contribution in [0.5, 0.6) is 0 Å². The number of alkyl halides is 3. The first-order valence-electron chi connectivity index (χ1n) is 4.24. The molecule has 0 fully saturated rings. The van der Waals surface area contributed by atoms with Crippen molar-refractivity contribution in [1.29, 1.82) is 0 Å². The van der Waals surface area contributed by atoms with Crippen molar-refractivity contribution in [3.8, 4) is 0 Å². The predicted molar refractivity (Wildman–Crippen MR) is 62.7 cm³/mol. The number of halogens is 4. The van der Waals surface area contributed by atoms with E-state index >= 15 is 0 Å². The molecular weight excluding hydrogens is 320 g/mol. The normalized spacial score (nSPS) is 11.5. The van der Waals surface area contributed by atoms with E-state index in [1.165, 1.54) is 0 Å². The van der Waals surface area contributed by atoms with Crippen molar-refractivity contribution in [3.63, 3.8) is 0 Å². The zero-order valence-corrected chi connectivity index (χ0v) is 9.89. The van der Waals surface area contributed by atoms with Gasteiger partial charge in [0, 0.05) is 10.1 Å². The Bertz CT molecular complexity index is 339. The molecule has 0 atom stereocenters. The number of benzene rings is 1. The second kappa shape index (κ2) is 4.91. The number of rotatable bonds is 3. The Labute approximate surface area is 99.2 Å². The second-order valence-electron chi connectivity index (χ2n) is 3.02. The van der Waals surface area contributed by atoms with Gasteiger partial charge in [0.15, 0.2) is 0 Å². The van der Waals surface area contributed by atoms with Gasteiger partial charge in [0.2, 0.25) is 0 Å². The Morgan fingerprint density at radius 3 is 2.53 bits per heavy atom. The topological polar surface area (TPSA) is 38.0 Å². The summed E-state index contributed by atoms with van der Waals surface area (Å²) in [6.45, 7) is -0.158. The molecule has 0 saturated heterocycles. The van der Waals surface area contributed by atoms with E-state index in [4.69, 9.17) is 5.73 Å². The van der Waals surface area contributed by atoms with Crippen LogP contribution in [0.4, 0.5) is 24.5 Å². The summed E-state index contributed by atoms with van der Waals surface area (Å²) >= 11 is 2.08. The monoisotopic (exact) mass is 330 g/mol. The van der Waals surface area contributed by atoms with Gasteiger partial charge in [-0.2, -0.15) is 13.2 Å². The molecule has 2 nitrogen and oxygen atoms in total. The molecule has 0 aliphatic carbocycles. The fourth-order valence-corrected chi connectivity index (χ4v) is 1.55. The van der Waals surface area contributed by atoms with Crippen LogP contribution < -0.4 is 11.1 Å². The van der Waals surface area contributed by atoms with E-state index in [-0.39, 0.29) is 6.54 Å². The van der Waals surface area contributed by atoms with E-state index in [2.05, 4.69) is 27.9 Å². The molecule has 0 aliphatic heterocycles. The molecule has 0 radical (unpaired) electrons. The van der Waals surface area contributed by atoms with Crippen molar-refractivity contribution in [3.05, 3.63) is 21.8 Å². The first kappa shape index (κ1) is 12.4. The van der Waals surface area contributed by atoms with E-state index in [9.17, 15) is 13.2 Å². The van der Waals surface area contributed by atoms with Crippen LogP contribution in [0.15, 0.2) is 18.2 Å². The van der Waals surface area contributed by atoms with Gasteiger partial charge in [0.25, 0.3) is 0 Å². The Hall–Kier alpha value is -0.660. The van der Waals surface area contributed by atoms with Crippen molar-refractivity contribution in [1.82, 2.24) is 0 Å². The average molecular weight is 330 g/mol. The van der Waals surface area contributed by atoms with E-state index < -0.39 is 12.6 Å². The fraction of sp³-hybridized carbons (Fsp3) is 0.333. The van der Waals surface area contributed by atoms with Gasteiger partial charge in [0.05, 0.1) is 17.8 Å². The van der Waals surface area contributed by atoms with Crippen LogP contribution in [0.25, 0.3) is 0 Å². The van der Waals surface area contributed by atoms with Crippen LogP contribution in [-0.2, 0) is 0 Å². The SMILES string of the molecule is Nc1cc(I)ccc1NCCC(F)(F)F. The third kappa shape index (κ3) is 4.59. The number of nitrogens with two attached hydrogens (primary N) is 1. The van der Waals surface area contributed by atoms with Crippen molar-refractivity contribution in [2.24, 2.45) is 0 Å². The van der Waals surface area contributed by atoms with E-state index in [1.807, 2.05) is 0 Å². The minimum absolute atomic E-state index is 0.158. The van der Waals surface area contributed by atoms with E-state index in [1.54, 1.807) is 18.2 Å².